The van der Waals surface area contributed by atoms with Crippen molar-refractivity contribution in [1.29, 1.82) is 0 Å². The number of methoxy groups -OCH3 is 1. The minimum Gasteiger partial charge on any atom is -0.495 e. The van der Waals surface area contributed by atoms with Crippen LogP contribution >= 0.6 is 0 Å². The van der Waals surface area contributed by atoms with E-state index in [-0.39, 0.29) is 18.4 Å². The van der Waals surface area contributed by atoms with Crippen LogP contribution in [0.25, 0.3) is 0 Å². The molecule has 0 saturated heterocycles. The molecular formula is C17H19N3O3. The van der Waals surface area contributed by atoms with Gasteiger partial charge in [0, 0.05) is 24.5 Å². The van der Waals surface area contributed by atoms with E-state index in [1.807, 2.05) is 13.0 Å². The second-order valence-electron chi connectivity index (χ2n) is 4.80. The van der Waals surface area contributed by atoms with E-state index in [1.54, 1.807) is 42.7 Å². The topological polar surface area (TPSA) is 71.5 Å². The van der Waals surface area contributed by atoms with E-state index in [2.05, 4.69) is 10.3 Å². The number of pyridine rings is 1. The molecule has 0 unspecified atom stereocenters. The average Bonchev–Trinajstić information content (AvgIpc) is 2.60. The van der Waals surface area contributed by atoms with Crippen LogP contribution in [0.15, 0.2) is 48.8 Å². The molecule has 0 spiro atoms. The summed E-state index contributed by atoms with van der Waals surface area (Å²) in [6.07, 6.45) is 3.10. The summed E-state index contributed by atoms with van der Waals surface area (Å²) in [7, 11) is 1.54. The minimum absolute atomic E-state index is 0.0320. The fourth-order valence-corrected chi connectivity index (χ4v) is 2.12. The number of aromatic nitrogens is 1. The van der Waals surface area contributed by atoms with Gasteiger partial charge in [-0.15, -0.1) is 0 Å². The summed E-state index contributed by atoms with van der Waals surface area (Å²) in [4.78, 5) is 30.0. The molecule has 6 heteroatoms. The third-order valence-electron chi connectivity index (χ3n) is 3.31. The van der Waals surface area contributed by atoms with Crippen molar-refractivity contribution in [3.8, 4) is 5.75 Å². The highest BCUT2D eigenvalue weighted by Crippen LogP contribution is 2.22. The number of para-hydroxylation sites is 2. The molecule has 0 aliphatic heterocycles. The average molecular weight is 313 g/mol. The maximum atomic E-state index is 12.4. The highest BCUT2D eigenvalue weighted by atomic mass is 16.5. The van der Waals surface area contributed by atoms with Gasteiger partial charge >= 0.3 is 0 Å². The Hall–Kier alpha value is -2.89. The molecular weight excluding hydrogens is 294 g/mol. The largest absolute Gasteiger partial charge is 0.495 e. The van der Waals surface area contributed by atoms with Crippen LogP contribution in [0.3, 0.4) is 0 Å². The van der Waals surface area contributed by atoms with Crippen LogP contribution < -0.4 is 10.1 Å². The highest BCUT2D eigenvalue weighted by Gasteiger charge is 2.17. The number of carbonyl (C=O) groups is 2. The number of nitrogens with one attached hydrogen (secondary N) is 1. The Balaban J connectivity index is 2.04. The molecule has 1 heterocycles. The summed E-state index contributed by atoms with van der Waals surface area (Å²) < 4.78 is 5.19. The molecule has 0 aliphatic rings. The number of rotatable bonds is 6. The number of likely N-dealkylation sites (N-methyl/N-ethyl adjacent to an activating group) is 1. The molecule has 0 radical (unpaired) electrons. The van der Waals surface area contributed by atoms with Crippen molar-refractivity contribution >= 4 is 17.5 Å². The van der Waals surface area contributed by atoms with Crippen molar-refractivity contribution in [3.05, 3.63) is 54.4 Å². The van der Waals surface area contributed by atoms with Crippen molar-refractivity contribution in [2.75, 3.05) is 25.5 Å². The van der Waals surface area contributed by atoms with Crippen LogP contribution in [0.4, 0.5) is 5.69 Å². The number of ether oxygens (including phenoxy) is 1. The summed E-state index contributed by atoms with van der Waals surface area (Å²) in [6.45, 7) is 2.23. The van der Waals surface area contributed by atoms with Gasteiger partial charge in [-0.25, -0.2) is 0 Å². The summed E-state index contributed by atoms with van der Waals surface area (Å²) in [5.74, 6) is 0.0909. The smallest absolute Gasteiger partial charge is 0.254 e. The van der Waals surface area contributed by atoms with E-state index >= 15 is 0 Å². The maximum Gasteiger partial charge on any atom is 0.254 e. The van der Waals surface area contributed by atoms with Crippen molar-refractivity contribution in [2.45, 2.75) is 6.92 Å². The standard InChI is InChI=1S/C17H19N3O3/c1-3-20(17(22)13-8-10-18-11-9-13)12-16(21)19-14-6-4-5-7-15(14)23-2/h4-11H,3,12H2,1-2H3,(H,19,21). The second kappa shape index (κ2) is 7.93. The van der Waals surface area contributed by atoms with E-state index in [9.17, 15) is 9.59 Å². The zero-order valence-corrected chi connectivity index (χ0v) is 13.2. The van der Waals surface area contributed by atoms with E-state index < -0.39 is 0 Å². The number of hydrogen-bond acceptors (Lipinski definition) is 4. The highest BCUT2D eigenvalue weighted by molar-refractivity contribution is 5.99. The molecule has 2 amide bonds. The molecule has 1 aromatic heterocycles. The molecule has 6 nitrogen and oxygen atoms in total. The number of benzene rings is 1. The predicted molar refractivity (Wildman–Crippen MR) is 87.4 cm³/mol. The van der Waals surface area contributed by atoms with Gasteiger partial charge in [0.25, 0.3) is 5.91 Å². The molecule has 0 aliphatic carbocycles. The molecule has 2 rings (SSSR count). The number of amides is 2. The fourth-order valence-electron chi connectivity index (χ4n) is 2.12. The Labute approximate surface area is 135 Å². The zero-order chi connectivity index (χ0) is 16.7. The van der Waals surface area contributed by atoms with Crippen LogP contribution in [0.1, 0.15) is 17.3 Å². The molecule has 0 fully saturated rings. The van der Waals surface area contributed by atoms with Gasteiger partial charge in [-0.1, -0.05) is 12.1 Å². The van der Waals surface area contributed by atoms with Gasteiger partial charge in [0.05, 0.1) is 12.8 Å². The van der Waals surface area contributed by atoms with E-state index in [1.165, 1.54) is 12.0 Å². The van der Waals surface area contributed by atoms with Crippen molar-refractivity contribution in [2.24, 2.45) is 0 Å². The lowest BCUT2D eigenvalue weighted by molar-refractivity contribution is -0.116. The third kappa shape index (κ3) is 4.29. The number of hydrogen-bond donors (Lipinski definition) is 1. The van der Waals surface area contributed by atoms with Gasteiger partial charge in [0.2, 0.25) is 5.91 Å². The summed E-state index contributed by atoms with van der Waals surface area (Å²) in [6, 6.07) is 10.4. The van der Waals surface area contributed by atoms with Gasteiger partial charge < -0.3 is 15.0 Å². The quantitative estimate of drug-likeness (QED) is 0.887. The Morgan fingerprint density at radius 3 is 2.52 bits per heavy atom. The Morgan fingerprint density at radius 2 is 1.87 bits per heavy atom. The molecule has 0 bridgehead atoms. The molecule has 1 N–H and O–H groups in total. The molecule has 1 aromatic carbocycles. The van der Waals surface area contributed by atoms with Crippen LogP contribution in [0.5, 0.6) is 5.75 Å². The number of nitrogens with zero attached hydrogens (tertiary/aromatic N) is 2. The Morgan fingerprint density at radius 1 is 1.17 bits per heavy atom. The third-order valence-corrected chi connectivity index (χ3v) is 3.31. The molecule has 120 valence electrons. The summed E-state index contributed by atoms with van der Waals surface area (Å²) >= 11 is 0. The van der Waals surface area contributed by atoms with Crippen LogP contribution in [0.2, 0.25) is 0 Å². The van der Waals surface area contributed by atoms with E-state index in [0.29, 0.717) is 23.5 Å². The zero-order valence-electron chi connectivity index (χ0n) is 13.2. The molecule has 23 heavy (non-hydrogen) atoms. The SMILES string of the molecule is CCN(CC(=O)Nc1ccccc1OC)C(=O)c1ccncc1. The van der Waals surface area contributed by atoms with E-state index in [0.717, 1.165) is 0 Å². The minimum atomic E-state index is -0.279. The molecule has 0 saturated carbocycles. The lowest BCUT2D eigenvalue weighted by Gasteiger charge is -2.20. The monoisotopic (exact) mass is 313 g/mol. The summed E-state index contributed by atoms with van der Waals surface area (Å²) in [5.41, 5.74) is 1.08. The first-order valence-electron chi connectivity index (χ1n) is 7.28. The van der Waals surface area contributed by atoms with Gasteiger partial charge in [0.1, 0.15) is 12.3 Å². The van der Waals surface area contributed by atoms with Crippen LogP contribution in [-0.4, -0.2) is 41.9 Å². The van der Waals surface area contributed by atoms with Crippen molar-refractivity contribution in [3.63, 3.8) is 0 Å². The Kier molecular flexibility index (Phi) is 5.68. The second-order valence-corrected chi connectivity index (χ2v) is 4.80. The van der Waals surface area contributed by atoms with Crippen LogP contribution in [-0.2, 0) is 4.79 Å². The number of carbonyl (C=O) groups excluding carboxylic acids is 2. The number of anilines is 1. The fraction of sp³-hybridized carbons (Fsp3) is 0.235. The maximum absolute atomic E-state index is 12.4. The first-order valence-corrected chi connectivity index (χ1v) is 7.28. The first kappa shape index (κ1) is 16.5. The summed E-state index contributed by atoms with van der Waals surface area (Å²) in [5, 5.41) is 2.76. The molecule has 0 atom stereocenters. The van der Waals surface area contributed by atoms with Crippen molar-refractivity contribution in [1.82, 2.24) is 9.88 Å². The van der Waals surface area contributed by atoms with Crippen LogP contribution in [0, 0.1) is 0 Å². The van der Waals surface area contributed by atoms with Gasteiger partial charge in [-0.3, -0.25) is 14.6 Å². The van der Waals surface area contributed by atoms with Gasteiger partial charge in [0.15, 0.2) is 0 Å². The van der Waals surface area contributed by atoms with Gasteiger partial charge in [-0.2, -0.15) is 0 Å². The lowest BCUT2D eigenvalue weighted by Crippen LogP contribution is -2.37. The van der Waals surface area contributed by atoms with Gasteiger partial charge in [-0.05, 0) is 31.2 Å². The lowest BCUT2D eigenvalue weighted by atomic mass is 10.2. The predicted octanol–water partition coefficient (Wildman–Crippen LogP) is 2.19. The first-order chi connectivity index (χ1) is 11.2. The van der Waals surface area contributed by atoms with Crippen molar-refractivity contribution < 1.29 is 14.3 Å². The normalized spacial score (nSPS) is 10.0. The molecule has 2 aromatic rings. The Bertz CT molecular complexity index is 674. The van der Waals surface area contributed by atoms with E-state index in [4.69, 9.17) is 4.74 Å².